The molecule has 0 heterocycles. The zero-order valence-electron chi connectivity index (χ0n) is 7.73. The second-order valence-electron chi connectivity index (χ2n) is 3.16. The van der Waals surface area contributed by atoms with Gasteiger partial charge in [0.2, 0.25) is 0 Å². The van der Waals surface area contributed by atoms with Gasteiger partial charge in [-0.2, -0.15) is 0 Å². The number of halogens is 1. The van der Waals surface area contributed by atoms with E-state index in [2.05, 4.69) is 0 Å². The molecule has 14 heavy (non-hydrogen) atoms. The van der Waals surface area contributed by atoms with E-state index in [0.29, 0.717) is 23.6 Å². The van der Waals surface area contributed by atoms with E-state index in [1.165, 1.54) is 0 Å². The molecule has 1 aromatic rings. The summed E-state index contributed by atoms with van der Waals surface area (Å²) in [5, 5.41) is 19.1. The summed E-state index contributed by atoms with van der Waals surface area (Å²) in [6.45, 7) is 0. The second-order valence-corrected chi connectivity index (χ2v) is 3.53. The fourth-order valence-electron chi connectivity index (χ4n) is 1.18. The van der Waals surface area contributed by atoms with Crippen LogP contribution in [0.3, 0.4) is 0 Å². The molecule has 3 nitrogen and oxygen atoms in total. The van der Waals surface area contributed by atoms with Gasteiger partial charge < -0.3 is 15.9 Å². The second kappa shape index (κ2) is 5.20. The molecule has 0 spiro atoms. The van der Waals surface area contributed by atoms with Gasteiger partial charge in [0.15, 0.2) is 0 Å². The van der Waals surface area contributed by atoms with Gasteiger partial charge in [-0.15, -0.1) is 11.6 Å². The van der Waals surface area contributed by atoms with Crippen LogP contribution in [0, 0.1) is 0 Å². The third-order valence-corrected chi connectivity index (χ3v) is 2.27. The Hall–Kier alpha value is -0.770. The molecule has 2 unspecified atom stereocenters. The zero-order valence-corrected chi connectivity index (χ0v) is 8.48. The van der Waals surface area contributed by atoms with Gasteiger partial charge >= 0.3 is 0 Å². The Labute approximate surface area is 88.1 Å². The monoisotopic (exact) mass is 215 g/mol. The highest BCUT2D eigenvalue weighted by molar-refractivity contribution is 6.17. The molecule has 0 aliphatic carbocycles. The number of nitrogen functional groups attached to an aromatic ring is 1. The van der Waals surface area contributed by atoms with Crippen LogP contribution >= 0.6 is 11.6 Å². The first kappa shape index (κ1) is 11.3. The maximum atomic E-state index is 9.66. The van der Waals surface area contributed by atoms with Crippen molar-refractivity contribution in [3.63, 3.8) is 0 Å². The Balaban J connectivity index is 2.68. The lowest BCUT2D eigenvalue weighted by molar-refractivity contribution is 0.0170. The molecule has 78 valence electrons. The van der Waals surface area contributed by atoms with E-state index in [-0.39, 0.29) is 0 Å². The minimum Gasteiger partial charge on any atom is -0.399 e. The van der Waals surface area contributed by atoms with E-state index >= 15 is 0 Å². The van der Waals surface area contributed by atoms with Crippen LogP contribution in [0.1, 0.15) is 18.1 Å². The Bertz CT molecular complexity index is 276. The number of anilines is 1. The first-order valence-electron chi connectivity index (χ1n) is 4.42. The van der Waals surface area contributed by atoms with Gasteiger partial charge in [-0.25, -0.2) is 0 Å². The van der Waals surface area contributed by atoms with Gasteiger partial charge in [-0.1, -0.05) is 12.1 Å². The van der Waals surface area contributed by atoms with Crippen molar-refractivity contribution in [2.24, 2.45) is 0 Å². The third kappa shape index (κ3) is 2.87. The summed E-state index contributed by atoms with van der Waals surface area (Å²) in [5.74, 6) is 0.327. The first-order valence-corrected chi connectivity index (χ1v) is 4.96. The summed E-state index contributed by atoms with van der Waals surface area (Å²) in [4.78, 5) is 0. The summed E-state index contributed by atoms with van der Waals surface area (Å²) < 4.78 is 0. The van der Waals surface area contributed by atoms with Crippen LogP contribution in [0.5, 0.6) is 0 Å². The number of hydrogen-bond acceptors (Lipinski definition) is 3. The zero-order chi connectivity index (χ0) is 10.6. The Morgan fingerprint density at radius 2 is 1.79 bits per heavy atom. The van der Waals surface area contributed by atoms with E-state index in [1.54, 1.807) is 24.3 Å². The number of nitrogens with two attached hydrogens (primary N) is 1. The van der Waals surface area contributed by atoms with Crippen molar-refractivity contribution in [3.8, 4) is 0 Å². The average Bonchev–Trinajstić information content (AvgIpc) is 2.18. The molecule has 0 fully saturated rings. The van der Waals surface area contributed by atoms with Gasteiger partial charge in [0.05, 0.1) is 6.10 Å². The Morgan fingerprint density at radius 3 is 2.29 bits per heavy atom. The molecule has 0 aliphatic rings. The van der Waals surface area contributed by atoms with Crippen molar-refractivity contribution < 1.29 is 10.2 Å². The number of aliphatic hydroxyl groups is 2. The lowest BCUT2D eigenvalue weighted by Crippen LogP contribution is -2.18. The Morgan fingerprint density at radius 1 is 1.21 bits per heavy atom. The topological polar surface area (TPSA) is 66.5 Å². The standard InChI is InChI=1S/C10H14ClNO2/c11-6-5-9(13)10(14)7-1-3-8(12)4-2-7/h1-4,9-10,13-14H,5-6,12H2. The van der Waals surface area contributed by atoms with E-state index in [9.17, 15) is 10.2 Å². The molecule has 2 atom stereocenters. The molecule has 0 amide bonds. The van der Waals surface area contributed by atoms with Gasteiger partial charge in [0.25, 0.3) is 0 Å². The van der Waals surface area contributed by atoms with Crippen LogP contribution in [-0.4, -0.2) is 22.2 Å². The van der Waals surface area contributed by atoms with Crippen LogP contribution < -0.4 is 5.73 Å². The number of hydrogen-bond donors (Lipinski definition) is 3. The van der Waals surface area contributed by atoms with Crippen molar-refractivity contribution in [1.82, 2.24) is 0 Å². The van der Waals surface area contributed by atoms with Crippen molar-refractivity contribution in [3.05, 3.63) is 29.8 Å². The summed E-state index contributed by atoms with van der Waals surface area (Å²) >= 11 is 5.46. The molecule has 0 aliphatic heterocycles. The van der Waals surface area contributed by atoms with Crippen molar-refractivity contribution >= 4 is 17.3 Å². The van der Waals surface area contributed by atoms with Gasteiger partial charge in [-0.05, 0) is 24.1 Å². The predicted octanol–water partition coefficient (Wildman–Crippen LogP) is 1.29. The highest BCUT2D eigenvalue weighted by Gasteiger charge is 2.17. The molecule has 1 aromatic carbocycles. The van der Waals surface area contributed by atoms with Crippen LogP contribution in [0.15, 0.2) is 24.3 Å². The number of alkyl halides is 1. The van der Waals surface area contributed by atoms with Crippen molar-refractivity contribution in [2.75, 3.05) is 11.6 Å². The summed E-state index contributed by atoms with van der Waals surface area (Å²) in [5.41, 5.74) is 6.78. The molecule has 0 saturated heterocycles. The van der Waals surface area contributed by atoms with E-state index in [0.717, 1.165) is 0 Å². The summed E-state index contributed by atoms with van der Waals surface area (Å²) in [6, 6.07) is 6.76. The molecule has 4 N–H and O–H groups in total. The van der Waals surface area contributed by atoms with Crippen LogP contribution in [0.25, 0.3) is 0 Å². The van der Waals surface area contributed by atoms with Gasteiger partial charge in [0.1, 0.15) is 6.10 Å². The van der Waals surface area contributed by atoms with Gasteiger partial charge in [0, 0.05) is 11.6 Å². The quantitative estimate of drug-likeness (QED) is 0.524. The molecule has 0 radical (unpaired) electrons. The predicted molar refractivity (Wildman–Crippen MR) is 57.2 cm³/mol. The van der Waals surface area contributed by atoms with Crippen molar-refractivity contribution in [2.45, 2.75) is 18.6 Å². The van der Waals surface area contributed by atoms with E-state index < -0.39 is 12.2 Å². The maximum Gasteiger partial charge on any atom is 0.105 e. The fourth-order valence-corrected chi connectivity index (χ4v) is 1.41. The fraction of sp³-hybridized carbons (Fsp3) is 0.400. The van der Waals surface area contributed by atoms with E-state index in [1.807, 2.05) is 0 Å². The lowest BCUT2D eigenvalue weighted by Gasteiger charge is -2.17. The summed E-state index contributed by atoms with van der Waals surface area (Å²) in [6.07, 6.45) is -1.35. The third-order valence-electron chi connectivity index (χ3n) is 2.05. The molecule has 1 rings (SSSR count). The van der Waals surface area contributed by atoms with Crippen LogP contribution in [-0.2, 0) is 0 Å². The van der Waals surface area contributed by atoms with Gasteiger partial charge in [-0.3, -0.25) is 0 Å². The SMILES string of the molecule is Nc1ccc(C(O)C(O)CCCl)cc1. The van der Waals surface area contributed by atoms with Crippen molar-refractivity contribution in [1.29, 1.82) is 0 Å². The first-order chi connectivity index (χ1) is 6.65. The Kier molecular flexibility index (Phi) is 4.20. The smallest absolute Gasteiger partial charge is 0.105 e. The number of aliphatic hydroxyl groups excluding tert-OH is 2. The molecular weight excluding hydrogens is 202 g/mol. The van der Waals surface area contributed by atoms with Crippen LogP contribution in [0.4, 0.5) is 5.69 Å². The highest BCUT2D eigenvalue weighted by atomic mass is 35.5. The normalized spacial score (nSPS) is 15.1. The molecule has 0 saturated carbocycles. The largest absolute Gasteiger partial charge is 0.399 e. The summed E-state index contributed by atoms with van der Waals surface area (Å²) in [7, 11) is 0. The minimum absolute atomic E-state index is 0.327. The highest BCUT2D eigenvalue weighted by Crippen LogP contribution is 2.20. The lowest BCUT2D eigenvalue weighted by atomic mass is 10.0. The molecule has 0 aromatic heterocycles. The minimum atomic E-state index is -0.894. The molecular formula is C10H14ClNO2. The molecule has 0 bridgehead atoms. The van der Waals surface area contributed by atoms with Crippen LogP contribution in [0.2, 0.25) is 0 Å². The molecule has 4 heteroatoms. The average molecular weight is 216 g/mol. The number of benzene rings is 1. The maximum absolute atomic E-state index is 9.66. The van der Waals surface area contributed by atoms with E-state index in [4.69, 9.17) is 17.3 Å². The number of rotatable bonds is 4.